The molecule has 1 heterocycles. The minimum atomic E-state index is -0.199. The number of ether oxygens (including phenoxy) is 2. The number of hydrogen-bond donors (Lipinski definition) is 0. The van der Waals surface area contributed by atoms with Gasteiger partial charge in [-0.15, -0.1) is 0 Å². The SMILES string of the molecule is CCOc1ccc(C(=O)N2CCOC(c3ccccc3Cl)C2)cc1C. The molecule has 1 atom stereocenters. The molecule has 3 rings (SSSR count). The van der Waals surface area contributed by atoms with Crippen LogP contribution in [0.2, 0.25) is 5.02 Å². The lowest BCUT2D eigenvalue weighted by atomic mass is 10.1. The third-order valence-corrected chi connectivity index (χ3v) is 4.67. The summed E-state index contributed by atoms with van der Waals surface area (Å²) in [5.41, 5.74) is 2.55. The van der Waals surface area contributed by atoms with Crippen molar-refractivity contribution in [3.05, 3.63) is 64.2 Å². The fourth-order valence-corrected chi connectivity index (χ4v) is 3.30. The molecule has 1 aliphatic rings. The molecule has 0 bridgehead atoms. The van der Waals surface area contributed by atoms with Gasteiger partial charge in [-0.25, -0.2) is 0 Å². The molecule has 25 heavy (non-hydrogen) atoms. The third kappa shape index (κ3) is 3.97. The number of halogens is 1. The van der Waals surface area contributed by atoms with Crippen LogP contribution in [0.1, 0.15) is 34.5 Å². The maximum absolute atomic E-state index is 12.9. The van der Waals surface area contributed by atoms with Crippen molar-refractivity contribution < 1.29 is 14.3 Å². The molecule has 132 valence electrons. The van der Waals surface area contributed by atoms with Gasteiger partial charge in [0.25, 0.3) is 5.91 Å². The van der Waals surface area contributed by atoms with Gasteiger partial charge in [-0.05, 0) is 43.7 Å². The average molecular weight is 360 g/mol. The Morgan fingerprint density at radius 1 is 1.32 bits per heavy atom. The number of carbonyl (C=O) groups excluding carboxylic acids is 1. The van der Waals surface area contributed by atoms with E-state index in [1.54, 1.807) is 0 Å². The predicted octanol–water partition coefficient (Wildman–Crippen LogP) is 4.26. The van der Waals surface area contributed by atoms with Gasteiger partial charge in [-0.2, -0.15) is 0 Å². The highest BCUT2D eigenvalue weighted by Gasteiger charge is 2.27. The van der Waals surface area contributed by atoms with Gasteiger partial charge in [0, 0.05) is 22.7 Å². The van der Waals surface area contributed by atoms with Crippen molar-refractivity contribution in [2.75, 3.05) is 26.3 Å². The molecular formula is C20H22ClNO3. The van der Waals surface area contributed by atoms with Crippen LogP contribution in [-0.4, -0.2) is 37.1 Å². The summed E-state index contributed by atoms with van der Waals surface area (Å²) in [6.45, 7) is 6.07. The summed E-state index contributed by atoms with van der Waals surface area (Å²) in [7, 11) is 0. The van der Waals surface area contributed by atoms with Crippen molar-refractivity contribution in [1.82, 2.24) is 4.90 Å². The standard InChI is InChI=1S/C20H22ClNO3/c1-3-24-18-9-8-15(12-14(18)2)20(23)22-10-11-25-19(13-22)16-6-4-5-7-17(16)21/h4-9,12,19H,3,10-11,13H2,1-2H3. The molecule has 1 aliphatic heterocycles. The van der Waals surface area contributed by atoms with E-state index in [0.29, 0.717) is 36.9 Å². The van der Waals surface area contributed by atoms with Crippen molar-refractivity contribution in [3.63, 3.8) is 0 Å². The fourth-order valence-electron chi connectivity index (χ4n) is 3.04. The van der Waals surface area contributed by atoms with E-state index >= 15 is 0 Å². The van der Waals surface area contributed by atoms with Gasteiger partial charge in [0.15, 0.2) is 0 Å². The van der Waals surface area contributed by atoms with E-state index in [0.717, 1.165) is 16.9 Å². The van der Waals surface area contributed by atoms with Crippen LogP contribution >= 0.6 is 11.6 Å². The van der Waals surface area contributed by atoms with Gasteiger partial charge in [0.05, 0.1) is 19.8 Å². The van der Waals surface area contributed by atoms with E-state index in [-0.39, 0.29) is 12.0 Å². The van der Waals surface area contributed by atoms with Crippen LogP contribution in [-0.2, 0) is 4.74 Å². The maximum atomic E-state index is 12.9. The van der Waals surface area contributed by atoms with Crippen LogP contribution in [0, 0.1) is 6.92 Å². The Labute approximate surface area is 153 Å². The van der Waals surface area contributed by atoms with E-state index in [9.17, 15) is 4.79 Å². The first-order chi connectivity index (χ1) is 12.1. The Morgan fingerprint density at radius 3 is 2.84 bits per heavy atom. The molecule has 1 amide bonds. The minimum absolute atomic E-state index is 0.00602. The molecule has 1 saturated heterocycles. The number of benzene rings is 2. The Balaban J connectivity index is 1.76. The fraction of sp³-hybridized carbons (Fsp3) is 0.350. The number of rotatable bonds is 4. The molecule has 0 radical (unpaired) electrons. The van der Waals surface area contributed by atoms with Crippen LogP contribution in [0.3, 0.4) is 0 Å². The molecule has 0 aromatic heterocycles. The minimum Gasteiger partial charge on any atom is -0.494 e. The molecule has 0 spiro atoms. The van der Waals surface area contributed by atoms with Gasteiger partial charge in [0.1, 0.15) is 11.9 Å². The number of hydrogen-bond acceptors (Lipinski definition) is 3. The summed E-state index contributed by atoms with van der Waals surface area (Å²) >= 11 is 6.27. The summed E-state index contributed by atoms with van der Waals surface area (Å²) in [6, 6.07) is 13.2. The van der Waals surface area contributed by atoms with E-state index in [2.05, 4.69) is 0 Å². The first-order valence-electron chi connectivity index (χ1n) is 8.49. The molecule has 2 aromatic carbocycles. The second-order valence-electron chi connectivity index (χ2n) is 6.05. The lowest BCUT2D eigenvalue weighted by Crippen LogP contribution is -2.42. The van der Waals surface area contributed by atoms with E-state index < -0.39 is 0 Å². The highest BCUT2D eigenvalue weighted by Crippen LogP contribution is 2.29. The van der Waals surface area contributed by atoms with Gasteiger partial charge < -0.3 is 14.4 Å². The van der Waals surface area contributed by atoms with Gasteiger partial charge in [0.2, 0.25) is 0 Å². The number of morpholine rings is 1. The number of aryl methyl sites for hydroxylation is 1. The third-order valence-electron chi connectivity index (χ3n) is 4.33. The molecule has 5 heteroatoms. The smallest absolute Gasteiger partial charge is 0.254 e. The van der Waals surface area contributed by atoms with Gasteiger partial charge in [-0.1, -0.05) is 29.8 Å². The molecule has 0 saturated carbocycles. The summed E-state index contributed by atoms with van der Waals surface area (Å²) in [5, 5.41) is 0.665. The van der Waals surface area contributed by atoms with Crippen LogP contribution in [0.15, 0.2) is 42.5 Å². The zero-order valence-corrected chi connectivity index (χ0v) is 15.3. The lowest BCUT2D eigenvalue weighted by Gasteiger charge is -2.33. The number of carbonyl (C=O) groups is 1. The quantitative estimate of drug-likeness (QED) is 0.818. The van der Waals surface area contributed by atoms with E-state index in [1.165, 1.54) is 0 Å². The monoisotopic (exact) mass is 359 g/mol. The largest absolute Gasteiger partial charge is 0.494 e. The molecule has 0 aliphatic carbocycles. The summed E-state index contributed by atoms with van der Waals surface area (Å²) in [6.07, 6.45) is -0.199. The number of nitrogens with zero attached hydrogens (tertiary/aromatic N) is 1. The Kier molecular flexibility index (Phi) is 5.61. The van der Waals surface area contributed by atoms with Crippen LogP contribution in [0.5, 0.6) is 5.75 Å². The first-order valence-corrected chi connectivity index (χ1v) is 8.86. The average Bonchev–Trinajstić information content (AvgIpc) is 2.63. The number of amides is 1. The highest BCUT2D eigenvalue weighted by atomic mass is 35.5. The molecular weight excluding hydrogens is 338 g/mol. The summed E-state index contributed by atoms with van der Waals surface area (Å²) in [4.78, 5) is 14.7. The normalized spacial score (nSPS) is 17.4. The molecule has 2 aromatic rings. The summed E-state index contributed by atoms with van der Waals surface area (Å²) < 4.78 is 11.4. The zero-order chi connectivity index (χ0) is 17.8. The van der Waals surface area contributed by atoms with Gasteiger partial charge in [-0.3, -0.25) is 4.79 Å². The van der Waals surface area contributed by atoms with Crippen molar-refractivity contribution in [3.8, 4) is 5.75 Å². The van der Waals surface area contributed by atoms with Crippen molar-refractivity contribution in [1.29, 1.82) is 0 Å². The lowest BCUT2D eigenvalue weighted by molar-refractivity contribution is -0.0227. The van der Waals surface area contributed by atoms with Crippen LogP contribution in [0.4, 0.5) is 0 Å². The van der Waals surface area contributed by atoms with E-state index in [4.69, 9.17) is 21.1 Å². The zero-order valence-electron chi connectivity index (χ0n) is 14.5. The molecule has 1 fully saturated rings. The Hall–Kier alpha value is -2.04. The Morgan fingerprint density at radius 2 is 2.12 bits per heavy atom. The van der Waals surface area contributed by atoms with E-state index in [1.807, 2.05) is 61.2 Å². The Bertz CT molecular complexity index is 762. The highest BCUT2D eigenvalue weighted by molar-refractivity contribution is 6.31. The van der Waals surface area contributed by atoms with Crippen LogP contribution < -0.4 is 4.74 Å². The second kappa shape index (κ2) is 7.89. The summed E-state index contributed by atoms with van der Waals surface area (Å²) in [5.74, 6) is 0.821. The van der Waals surface area contributed by atoms with Crippen molar-refractivity contribution in [2.45, 2.75) is 20.0 Å². The predicted molar refractivity (Wildman–Crippen MR) is 98.4 cm³/mol. The van der Waals surface area contributed by atoms with Crippen LogP contribution in [0.25, 0.3) is 0 Å². The van der Waals surface area contributed by atoms with Crippen molar-refractivity contribution in [2.24, 2.45) is 0 Å². The first kappa shape index (κ1) is 17.8. The topological polar surface area (TPSA) is 38.8 Å². The second-order valence-corrected chi connectivity index (χ2v) is 6.45. The molecule has 0 N–H and O–H groups in total. The maximum Gasteiger partial charge on any atom is 0.254 e. The van der Waals surface area contributed by atoms with Gasteiger partial charge >= 0.3 is 0 Å². The molecule has 1 unspecified atom stereocenters. The molecule has 4 nitrogen and oxygen atoms in total. The van der Waals surface area contributed by atoms with Crippen molar-refractivity contribution >= 4 is 17.5 Å².